The van der Waals surface area contributed by atoms with E-state index in [1.807, 2.05) is 61.5 Å². The maximum atomic E-state index is 11.9. The Balaban J connectivity index is 1.61. The molecule has 3 N–H and O–H groups in total. The van der Waals surface area contributed by atoms with Crippen LogP contribution in [0.2, 0.25) is 0 Å². The third-order valence-corrected chi connectivity index (χ3v) is 4.63. The molecule has 0 unspecified atom stereocenters. The number of rotatable bonds is 5. The van der Waals surface area contributed by atoms with E-state index in [0.717, 1.165) is 26.4 Å². The van der Waals surface area contributed by atoms with Crippen LogP contribution in [0, 0.1) is 6.92 Å². The van der Waals surface area contributed by atoms with Gasteiger partial charge in [-0.1, -0.05) is 53.2 Å². The van der Waals surface area contributed by atoms with Gasteiger partial charge in [0.1, 0.15) is 5.75 Å². The first kappa shape index (κ1) is 17.9. The molecule has 0 spiro atoms. The Morgan fingerprint density at radius 3 is 2.58 bits per heavy atom. The van der Waals surface area contributed by atoms with E-state index in [1.165, 1.54) is 0 Å². The number of nitrogen functional groups attached to an aromatic ring is 1. The van der Waals surface area contributed by atoms with Crippen LogP contribution in [0.1, 0.15) is 11.1 Å². The zero-order valence-corrected chi connectivity index (χ0v) is 15.7. The summed E-state index contributed by atoms with van der Waals surface area (Å²) in [5.41, 5.74) is 7.72. The van der Waals surface area contributed by atoms with Crippen LogP contribution in [0.25, 0.3) is 10.8 Å². The highest BCUT2D eigenvalue weighted by molar-refractivity contribution is 9.10. The number of nitrogens with one attached hydrogen (secondary N) is 1. The summed E-state index contributed by atoms with van der Waals surface area (Å²) in [4.78, 5) is 16.8. The van der Waals surface area contributed by atoms with Crippen molar-refractivity contribution in [2.24, 2.45) is 5.73 Å². The number of ether oxygens (including phenoxy) is 1. The molecule has 3 rings (SSSR count). The van der Waals surface area contributed by atoms with Gasteiger partial charge in [-0.25, -0.2) is 4.79 Å². The van der Waals surface area contributed by atoms with Gasteiger partial charge in [0.05, 0.1) is 10.0 Å². The molecule has 0 saturated carbocycles. The second kappa shape index (κ2) is 8.01. The summed E-state index contributed by atoms with van der Waals surface area (Å²) in [5, 5.41) is 4.54. The number of hydrogen-bond donors (Lipinski definition) is 2. The zero-order chi connectivity index (χ0) is 18.5. The number of halogens is 1. The fraction of sp³-hybridized carbons (Fsp3) is 0.100. The van der Waals surface area contributed by atoms with E-state index in [-0.39, 0.29) is 12.4 Å². The van der Waals surface area contributed by atoms with Gasteiger partial charge in [-0.3, -0.25) is 10.6 Å². The van der Waals surface area contributed by atoms with E-state index in [9.17, 15) is 4.79 Å². The number of carbonyl (C=O) groups excluding carboxylic acids is 1. The monoisotopic (exact) mass is 413 g/mol. The van der Waals surface area contributed by atoms with E-state index in [1.54, 1.807) is 6.07 Å². The number of benzene rings is 3. The normalized spacial score (nSPS) is 11.4. The maximum absolute atomic E-state index is 11.9. The van der Waals surface area contributed by atoms with Crippen molar-refractivity contribution in [2.45, 2.75) is 6.92 Å². The van der Waals surface area contributed by atoms with Gasteiger partial charge < -0.3 is 4.74 Å². The molecule has 0 aromatic heterocycles. The predicted molar refractivity (Wildman–Crippen MR) is 104 cm³/mol. The van der Waals surface area contributed by atoms with Gasteiger partial charge in [-0.05, 0) is 51.8 Å². The summed E-state index contributed by atoms with van der Waals surface area (Å²) < 4.78 is 6.34. The quantitative estimate of drug-likeness (QED) is 0.291. The molecule has 0 heterocycles. The van der Waals surface area contributed by atoms with Gasteiger partial charge in [0.15, 0.2) is 6.61 Å². The van der Waals surface area contributed by atoms with Crippen LogP contribution in [0.3, 0.4) is 0 Å². The van der Waals surface area contributed by atoms with Crippen molar-refractivity contribution in [3.05, 3.63) is 76.3 Å². The van der Waals surface area contributed by atoms with Gasteiger partial charge in [0, 0.05) is 0 Å². The summed E-state index contributed by atoms with van der Waals surface area (Å²) in [6.45, 7) is 1.74. The summed E-state index contributed by atoms with van der Waals surface area (Å²) >= 11 is 3.51. The Labute approximate surface area is 159 Å². The number of fused-ring (bicyclic) bond motifs is 1. The van der Waals surface area contributed by atoms with Crippen LogP contribution >= 0.6 is 15.9 Å². The summed E-state index contributed by atoms with van der Waals surface area (Å²) in [7, 11) is 0. The molecule has 26 heavy (non-hydrogen) atoms. The largest absolute Gasteiger partial charge is 0.480 e. The fourth-order valence-electron chi connectivity index (χ4n) is 2.40. The van der Waals surface area contributed by atoms with Crippen molar-refractivity contribution in [1.29, 1.82) is 0 Å². The summed E-state index contributed by atoms with van der Waals surface area (Å²) in [5.74, 6) is 0.237. The Morgan fingerprint density at radius 2 is 1.81 bits per heavy atom. The summed E-state index contributed by atoms with van der Waals surface area (Å²) in [6.07, 6.45) is 0. The highest BCUT2D eigenvalue weighted by Gasteiger charge is 2.11. The van der Waals surface area contributed by atoms with Crippen molar-refractivity contribution >= 4 is 38.5 Å². The number of carbonyl (C=O) groups is 1. The van der Waals surface area contributed by atoms with Crippen LogP contribution in [0.4, 0.5) is 0 Å². The van der Waals surface area contributed by atoms with Crippen molar-refractivity contribution in [3.8, 4) is 5.75 Å². The van der Waals surface area contributed by atoms with Gasteiger partial charge in [-0.2, -0.15) is 0 Å². The van der Waals surface area contributed by atoms with E-state index < -0.39 is 5.97 Å². The second-order valence-electron chi connectivity index (χ2n) is 5.74. The smallest absolute Gasteiger partial charge is 0.394 e. The molecule has 0 fully saturated rings. The molecule has 0 aliphatic carbocycles. The molecule has 0 atom stereocenters. The van der Waals surface area contributed by atoms with Gasteiger partial charge in [-0.15, -0.1) is 0 Å². The van der Waals surface area contributed by atoms with Gasteiger partial charge >= 0.3 is 11.8 Å². The molecule has 0 aliphatic rings. The van der Waals surface area contributed by atoms with Gasteiger partial charge in [0.2, 0.25) is 0 Å². The van der Waals surface area contributed by atoms with E-state index in [0.29, 0.717) is 5.75 Å². The first-order valence-corrected chi connectivity index (χ1v) is 8.79. The Kier molecular flexibility index (Phi) is 5.53. The minimum Gasteiger partial charge on any atom is -0.480 e. The molecule has 0 bridgehead atoms. The first-order chi connectivity index (χ1) is 12.5. The molecular formula is C20H18BrN2O3+. The Morgan fingerprint density at radius 1 is 1.08 bits per heavy atom. The molecule has 3 aromatic carbocycles. The van der Waals surface area contributed by atoms with Crippen molar-refractivity contribution < 1.29 is 19.5 Å². The summed E-state index contributed by atoms with van der Waals surface area (Å²) in [6, 6.07) is 19.2. The average molecular weight is 414 g/mol. The maximum Gasteiger partial charge on any atom is 0.394 e. The predicted octanol–water partition coefficient (Wildman–Crippen LogP) is 2.23. The third-order valence-electron chi connectivity index (χ3n) is 3.81. The number of hydrogen-bond acceptors (Lipinski definition) is 3. The van der Waals surface area contributed by atoms with Crippen molar-refractivity contribution in [1.82, 2.24) is 0 Å². The Bertz CT molecular complexity index is 968. The van der Waals surface area contributed by atoms with E-state index >= 15 is 0 Å². The fourth-order valence-corrected chi connectivity index (χ4v) is 3.00. The van der Waals surface area contributed by atoms with Crippen LogP contribution < -0.4 is 15.6 Å². The SMILES string of the molecule is Cc1ccc(C(N)=[NH+]OC(=O)COc2ccc3ccccc3c2Br)cc1. The average Bonchev–Trinajstić information content (AvgIpc) is 2.66. The van der Waals surface area contributed by atoms with E-state index in [4.69, 9.17) is 15.3 Å². The second-order valence-corrected chi connectivity index (χ2v) is 6.54. The van der Waals surface area contributed by atoms with Gasteiger partial charge in [0.25, 0.3) is 0 Å². The minimum atomic E-state index is -0.583. The highest BCUT2D eigenvalue weighted by Crippen LogP contribution is 2.32. The standard InChI is InChI=1S/C20H17BrN2O3/c1-13-6-8-15(9-7-13)20(22)23-26-18(24)12-25-17-11-10-14-4-2-3-5-16(14)19(17)21/h2-11H,12H2,1H3,(H2,22,23)/p+1. The zero-order valence-electron chi connectivity index (χ0n) is 14.2. The third kappa shape index (κ3) is 4.21. The van der Waals surface area contributed by atoms with Crippen LogP contribution in [0.5, 0.6) is 5.75 Å². The molecule has 132 valence electrons. The molecule has 3 aromatic rings. The lowest BCUT2D eigenvalue weighted by Crippen LogP contribution is -2.76. The molecule has 6 heteroatoms. The molecule has 0 amide bonds. The molecular weight excluding hydrogens is 396 g/mol. The lowest BCUT2D eigenvalue weighted by atomic mass is 10.1. The first-order valence-electron chi connectivity index (χ1n) is 8.00. The number of amidine groups is 1. The van der Waals surface area contributed by atoms with Crippen LogP contribution in [-0.4, -0.2) is 18.4 Å². The van der Waals surface area contributed by atoms with Crippen LogP contribution in [0.15, 0.2) is 65.1 Å². The highest BCUT2D eigenvalue weighted by atomic mass is 79.9. The van der Waals surface area contributed by atoms with Crippen molar-refractivity contribution in [3.63, 3.8) is 0 Å². The molecule has 0 radical (unpaired) electrons. The lowest BCUT2D eigenvalue weighted by Gasteiger charge is -2.08. The van der Waals surface area contributed by atoms with Crippen molar-refractivity contribution in [2.75, 3.05) is 6.61 Å². The molecule has 0 saturated heterocycles. The number of nitrogens with two attached hydrogens (primary N) is 1. The molecule has 0 aliphatic heterocycles. The van der Waals surface area contributed by atoms with Crippen LogP contribution in [-0.2, 0) is 9.63 Å². The lowest BCUT2D eigenvalue weighted by molar-refractivity contribution is -0.724. The molecule has 5 nitrogen and oxygen atoms in total. The number of aryl methyl sites for hydroxylation is 1. The Hall–Kier alpha value is -2.86. The topological polar surface area (TPSA) is 75.5 Å². The minimum absolute atomic E-state index is 0.245. The van der Waals surface area contributed by atoms with E-state index in [2.05, 4.69) is 21.1 Å².